The average Bonchev–Trinajstić information content (AvgIpc) is 3.09. The molecule has 0 aromatic heterocycles. The summed E-state index contributed by atoms with van der Waals surface area (Å²) in [6.07, 6.45) is 54.3. The number of hydrogen-bond acceptors (Lipinski definition) is 5. The Balaban J connectivity index is 3.69. The van der Waals surface area contributed by atoms with Crippen LogP contribution in [0, 0.1) is 0 Å². The SMILES string of the molecule is CC/C=C\C/C=C\C/C=C\C/C=C\C/C=C\C/C=C\CCC(=O)OC[C@H](O)COC(=O)CCCC/C=C\C/C=C\C/C=C\CCCCC. The molecule has 0 aliphatic heterocycles. The number of aliphatic hydroxyl groups excluding tert-OH is 1. The maximum Gasteiger partial charge on any atom is 0.306 e. The molecule has 0 amide bonds. The van der Waals surface area contributed by atoms with Crippen LogP contribution in [0.5, 0.6) is 0 Å². The molecule has 48 heavy (non-hydrogen) atoms. The summed E-state index contributed by atoms with van der Waals surface area (Å²) in [4.78, 5) is 23.8. The van der Waals surface area contributed by atoms with Gasteiger partial charge in [0.2, 0.25) is 0 Å². The van der Waals surface area contributed by atoms with Gasteiger partial charge in [-0.1, -0.05) is 136 Å². The molecule has 0 aliphatic carbocycles. The van der Waals surface area contributed by atoms with Gasteiger partial charge in [0.1, 0.15) is 19.3 Å². The first-order chi connectivity index (χ1) is 23.6. The molecule has 268 valence electrons. The molecule has 0 saturated carbocycles. The van der Waals surface area contributed by atoms with Crippen molar-refractivity contribution in [1.82, 2.24) is 0 Å². The maximum absolute atomic E-state index is 11.9. The lowest BCUT2D eigenvalue weighted by atomic mass is 10.1. The van der Waals surface area contributed by atoms with E-state index in [0.717, 1.165) is 70.6 Å². The normalized spacial score (nSPS) is 13.5. The lowest BCUT2D eigenvalue weighted by molar-refractivity contribution is -0.152. The molecule has 1 atom stereocenters. The van der Waals surface area contributed by atoms with Crippen molar-refractivity contribution >= 4 is 11.9 Å². The van der Waals surface area contributed by atoms with Crippen molar-refractivity contribution in [3.8, 4) is 0 Å². The second-order valence-electron chi connectivity index (χ2n) is 11.6. The fourth-order valence-corrected chi connectivity index (χ4v) is 4.23. The van der Waals surface area contributed by atoms with Gasteiger partial charge < -0.3 is 14.6 Å². The highest BCUT2D eigenvalue weighted by atomic mass is 16.6. The first kappa shape index (κ1) is 44.6. The quantitative estimate of drug-likeness (QED) is 0.0454. The van der Waals surface area contributed by atoms with Crippen LogP contribution in [0.1, 0.15) is 129 Å². The van der Waals surface area contributed by atoms with Crippen LogP contribution in [-0.2, 0) is 19.1 Å². The molecule has 0 aromatic carbocycles. The Hall–Kier alpha value is -3.44. The van der Waals surface area contributed by atoms with Crippen LogP contribution < -0.4 is 0 Å². The Morgan fingerprint density at radius 2 is 0.812 bits per heavy atom. The Labute approximate surface area is 293 Å². The number of rotatable bonds is 31. The van der Waals surface area contributed by atoms with Crippen molar-refractivity contribution in [2.75, 3.05) is 13.2 Å². The zero-order valence-electron chi connectivity index (χ0n) is 30.2. The summed E-state index contributed by atoms with van der Waals surface area (Å²) in [5, 5.41) is 9.98. The molecule has 1 N–H and O–H groups in total. The van der Waals surface area contributed by atoms with Crippen molar-refractivity contribution in [3.05, 3.63) is 109 Å². The van der Waals surface area contributed by atoms with Gasteiger partial charge in [0.05, 0.1) is 0 Å². The van der Waals surface area contributed by atoms with Crippen LogP contribution in [0.2, 0.25) is 0 Å². The van der Waals surface area contributed by atoms with Gasteiger partial charge in [-0.2, -0.15) is 0 Å². The van der Waals surface area contributed by atoms with E-state index in [0.29, 0.717) is 12.8 Å². The molecule has 0 heterocycles. The number of ether oxygens (including phenoxy) is 2. The van der Waals surface area contributed by atoms with E-state index in [2.05, 4.69) is 111 Å². The zero-order chi connectivity index (χ0) is 35.0. The van der Waals surface area contributed by atoms with Gasteiger partial charge in [0, 0.05) is 12.8 Å². The molecule has 0 bridgehead atoms. The molecule has 0 spiro atoms. The lowest BCUT2D eigenvalue weighted by Crippen LogP contribution is -2.25. The Morgan fingerprint density at radius 3 is 1.23 bits per heavy atom. The monoisotopic (exact) mass is 662 g/mol. The average molecular weight is 663 g/mol. The van der Waals surface area contributed by atoms with E-state index in [4.69, 9.17) is 9.47 Å². The van der Waals surface area contributed by atoms with Gasteiger partial charge >= 0.3 is 11.9 Å². The van der Waals surface area contributed by atoms with Gasteiger partial charge in [-0.05, 0) is 89.9 Å². The van der Waals surface area contributed by atoms with E-state index < -0.39 is 6.10 Å². The minimum Gasteiger partial charge on any atom is -0.463 e. The molecule has 0 aromatic rings. The van der Waals surface area contributed by atoms with Gasteiger partial charge in [-0.15, -0.1) is 0 Å². The number of carbonyl (C=O) groups is 2. The molecule has 5 nitrogen and oxygen atoms in total. The minimum atomic E-state index is -1.02. The molecular formula is C43H66O5. The van der Waals surface area contributed by atoms with Crippen LogP contribution >= 0.6 is 0 Å². The highest BCUT2D eigenvalue weighted by Crippen LogP contribution is 2.05. The fourth-order valence-electron chi connectivity index (χ4n) is 4.23. The fraction of sp³-hybridized carbons (Fsp3) is 0.535. The van der Waals surface area contributed by atoms with Crippen LogP contribution in [0.15, 0.2) is 109 Å². The Kier molecular flexibility index (Phi) is 35.3. The summed E-state index contributed by atoms with van der Waals surface area (Å²) in [7, 11) is 0. The van der Waals surface area contributed by atoms with E-state index in [1.54, 1.807) is 0 Å². The Bertz CT molecular complexity index is 1020. The number of allylic oxidation sites excluding steroid dienone is 18. The van der Waals surface area contributed by atoms with E-state index >= 15 is 0 Å². The molecule has 0 rings (SSSR count). The number of unbranched alkanes of at least 4 members (excludes halogenated alkanes) is 5. The van der Waals surface area contributed by atoms with Crippen molar-refractivity contribution in [3.63, 3.8) is 0 Å². The topological polar surface area (TPSA) is 72.8 Å². The summed E-state index contributed by atoms with van der Waals surface area (Å²) >= 11 is 0. The molecule has 0 saturated heterocycles. The summed E-state index contributed by atoms with van der Waals surface area (Å²) in [6.45, 7) is 4.03. The van der Waals surface area contributed by atoms with E-state index in [1.165, 1.54) is 25.7 Å². The van der Waals surface area contributed by atoms with Gasteiger partial charge in [-0.25, -0.2) is 0 Å². The van der Waals surface area contributed by atoms with Crippen molar-refractivity contribution in [2.24, 2.45) is 0 Å². The molecule has 0 radical (unpaired) electrons. The van der Waals surface area contributed by atoms with Crippen molar-refractivity contribution in [1.29, 1.82) is 0 Å². The molecule has 5 heteroatoms. The number of hydrogen-bond donors (Lipinski definition) is 1. The van der Waals surface area contributed by atoms with E-state index in [1.807, 2.05) is 12.2 Å². The predicted octanol–water partition coefficient (Wildman–Crippen LogP) is 11.5. The third-order valence-electron chi connectivity index (χ3n) is 7.01. The van der Waals surface area contributed by atoms with Crippen molar-refractivity contribution < 1.29 is 24.2 Å². The summed E-state index contributed by atoms with van der Waals surface area (Å²) in [5.41, 5.74) is 0. The largest absolute Gasteiger partial charge is 0.463 e. The van der Waals surface area contributed by atoms with E-state index in [-0.39, 0.29) is 31.6 Å². The zero-order valence-corrected chi connectivity index (χ0v) is 30.2. The maximum atomic E-state index is 11.9. The lowest BCUT2D eigenvalue weighted by Gasteiger charge is -2.11. The third-order valence-corrected chi connectivity index (χ3v) is 7.01. The smallest absolute Gasteiger partial charge is 0.306 e. The van der Waals surface area contributed by atoms with Crippen LogP contribution in [0.3, 0.4) is 0 Å². The van der Waals surface area contributed by atoms with Gasteiger partial charge in [0.15, 0.2) is 0 Å². The first-order valence-corrected chi connectivity index (χ1v) is 18.4. The highest BCUT2D eigenvalue weighted by Gasteiger charge is 2.11. The summed E-state index contributed by atoms with van der Waals surface area (Å²) < 4.78 is 10.2. The summed E-state index contributed by atoms with van der Waals surface area (Å²) in [6, 6.07) is 0. The molecule has 0 aliphatic rings. The predicted molar refractivity (Wildman–Crippen MR) is 205 cm³/mol. The third kappa shape index (κ3) is 37.0. The molecule has 0 unspecified atom stereocenters. The minimum absolute atomic E-state index is 0.167. The number of aliphatic hydroxyl groups is 1. The first-order valence-electron chi connectivity index (χ1n) is 18.4. The number of carbonyl (C=O) groups excluding carboxylic acids is 2. The molecule has 0 fully saturated rings. The summed E-state index contributed by atoms with van der Waals surface area (Å²) in [5.74, 6) is -0.717. The van der Waals surface area contributed by atoms with Crippen LogP contribution in [0.4, 0.5) is 0 Å². The van der Waals surface area contributed by atoms with Gasteiger partial charge in [0.25, 0.3) is 0 Å². The van der Waals surface area contributed by atoms with Crippen LogP contribution in [0.25, 0.3) is 0 Å². The second-order valence-corrected chi connectivity index (χ2v) is 11.6. The highest BCUT2D eigenvalue weighted by molar-refractivity contribution is 5.70. The van der Waals surface area contributed by atoms with Crippen molar-refractivity contribution in [2.45, 2.75) is 136 Å². The van der Waals surface area contributed by atoms with E-state index in [9.17, 15) is 14.7 Å². The number of esters is 2. The standard InChI is InChI=1S/C43H66O5/c1-3-5-7-9-11-13-15-17-19-20-21-22-24-26-28-30-32-34-36-38-43(46)48-40-41(44)39-47-42(45)37-35-33-31-29-27-25-23-18-16-14-12-10-8-6-4-2/h5,7,11-14,17-19,21-23,26-29,32,34,41,44H,3-4,6,8-10,15-16,20,24-25,30-31,33,35-40H2,1-2H3/b7-5-,13-11-,14-12-,19-17-,22-21-,23-18-,28-26-,29-27-,34-32-/t41-/m1/s1. The second kappa shape index (κ2) is 38.0. The Morgan fingerprint density at radius 1 is 0.458 bits per heavy atom. The van der Waals surface area contributed by atoms with Gasteiger partial charge in [-0.3, -0.25) is 9.59 Å². The molecular weight excluding hydrogens is 596 g/mol. The van der Waals surface area contributed by atoms with Crippen LogP contribution in [-0.4, -0.2) is 36.4 Å².